The fourth-order valence-corrected chi connectivity index (χ4v) is 4.12. The van der Waals surface area contributed by atoms with Gasteiger partial charge in [-0.1, -0.05) is 25.7 Å². The number of carbonyl (C=O) groups excluding carboxylic acids is 1. The van der Waals surface area contributed by atoms with Gasteiger partial charge in [0.2, 0.25) is 5.91 Å². The largest absolute Gasteiger partial charge is 0.497 e. The molecule has 2 aliphatic carbocycles. The molecule has 3 rings (SSSR count). The highest BCUT2D eigenvalue weighted by atomic mass is 35.5. The minimum atomic E-state index is 0. The zero-order valence-corrected chi connectivity index (χ0v) is 14.5. The summed E-state index contributed by atoms with van der Waals surface area (Å²) in [6, 6.07) is 5.37. The number of nitrogens with two attached hydrogens (primary N) is 1. The highest BCUT2D eigenvalue weighted by molar-refractivity contribution is 5.95. The van der Waals surface area contributed by atoms with Crippen LogP contribution in [0.2, 0.25) is 0 Å². The smallest absolute Gasteiger partial charge is 0.227 e. The first kappa shape index (κ1) is 17.9. The van der Waals surface area contributed by atoms with E-state index in [0.717, 1.165) is 24.7 Å². The van der Waals surface area contributed by atoms with Crippen molar-refractivity contribution in [3.8, 4) is 5.75 Å². The van der Waals surface area contributed by atoms with Crippen molar-refractivity contribution in [2.24, 2.45) is 17.8 Å². The third-order valence-electron chi connectivity index (χ3n) is 5.43. The van der Waals surface area contributed by atoms with Crippen LogP contribution in [0.1, 0.15) is 44.9 Å². The molecule has 3 unspecified atom stereocenters. The molecule has 5 heteroatoms. The number of nitrogens with one attached hydrogen (secondary N) is 1. The van der Waals surface area contributed by atoms with Crippen molar-refractivity contribution in [3.63, 3.8) is 0 Å². The van der Waals surface area contributed by atoms with E-state index in [1.165, 1.54) is 32.1 Å². The highest BCUT2D eigenvalue weighted by Crippen LogP contribution is 2.43. The Labute approximate surface area is 144 Å². The molecule has 0 bridgehead atoms. The van der Waals surface area contributed by atoms with Gasteiger partial charge in [-0.25, -0.2) is 0 Å². The van der Waals surface area contributed by atoms with Gasteiger partial charge < -0.3 is 15.8 Å². The summed E-state index contributed by atoms with van der Waals surface area (Å²) < 4.78 is 5.20. The second kappa shape index (κ2) is 7.91. The van der Waals surface area contributed by atoms with Crippen molar-refractivity contribution >= 4 is 29.7 Å². The highest BCUT2D eigenvalue weighted by Gasteiger charge is 2.35. The summed E-state index contributed by atoms with van der Waals surface area (Å²) in [5.41, 5.74) is 7.20. The fraction of sp³-hybridized carbons (Fsp3) is 0.611. The Morgan fingerprint density at radius 3 is 2.65 bits per heavy atom. The number of amides is 1. The minimum absolute atomic E-state index is 0. The van der Waals surface area contributed by atoms with Crippen LogP contribution >= 0.6 is 12.4 Å². The van der Waals surface area contributed by atoms with E-state index in [-0.39, 0.29) is 24.2 Å². The zero-order valence-electron chi connectivity index (χ0n) is 13.7. The molecule has 0 heterocycles. The van der Waals surface area contributed by atoms with Crippen molar-refractivity contribution < 1.29 is 9.53 Å². The SMILES string of the molecule is COc1ccc(N)c(NC(=O)C2CCC3CCCCC3C2)c1.Cl. The van der Waals surface area contributed by atoms with Crippen LogP contribution in [0.3, 0.4) is 0 Å². The molecule has 1 aromatic rings. The van der Waals surface area contributed by atoms with E-state index in [0.29, 0.717) is 17.1 Å². The van der Waals surface area contributed by atoms with Gasteiger partial charge in [0, 0.05) is 12.0 Å². The Morgan fingerprint density at radius 1 is 1.17 bits per heavy atom. The average molecular weight is 339 g/mol. The molecule has 0 spiro atoms. The molecule has 0 saturated heterocycles. The van der Waals surface area contributed by atoms with Gasteiger partial charge in [-0.2, -0.15) is 0 Å². The Kier molecular flexibility index (Phi) is 6.17. The van der Waals surface area contributed by atoms with Gasteiger partial charge in [0.05, 0.1) is 18.5 Å². The number of hydrogen-bond acceptors (Lipinski definition) is 3. The van der Waals surface area contributed by atoms with Crippen molar-refractivity contribution in [2.45, 2.75) is 44.9 Å². The number of carbonyl (C=O) groups is 1. The molecule has 1 amide bonds. The van der Waals surface area contributed by atoms with Crippen LogP contribution < -0.4 is 15.8 Å². The van der Waals surface area contributed by atoms with Crippen LogP contribution in [0, 0.1) is 17.8 Å². The summed E-state index contributed by atoms with van der Waals surface area (Å²) >= 11 is 0. The van der Waals surface area contributed by atoms with Crippen molar-refractivity contribution in [3.05, 3.63) is 18.2 Å². The molecule has 3 N–H and O–H groups in total. The third kappa shape index (κ3) is 4.11. The molecule has 2 fully saturated rings. The van der Waals surface area contributed by atoms with Gasteiger partial charge in [0.25, 0.3) is 0 Å². The topological polar surface area (TPSA) is 64.3 Å². The van der Waals surface area contributed by atoms with E-state index in [1.54, 1.807) is 25.3 Å². The molecule has 1 aromatic carbocycles. The van der Waals surface area contributed by atoms with Crippen LogP contribution in [-0.2, 0) is 4.79 Å². The number of nitrogen functional groups attached to an aromatic ring is 1. The summed E-state index contributed by atoms with van der Waals surface area (Å²) in [4.78, 5) is 12.6. The molecule has 128 valence electrons. The van der Waals surface area contributed by atoms with E-state index in [9.17, 15) is 4.79 Å². The number of ether oxygens (including phenoxy) is 1. The predicted octanol–water partition coefficient (Wildman–Crippen LogP) is 4.24. The molecule has 4 nitrogen and oxygen atoms in total. The van der Waals surface area contributed by atoms with Gasteiger partial charge in [-0.3, -0.25) is 4.79 Å². The molecular formula is C18H27ClN2O2. The second-order valence-corrected chi connectivity index (χ2v) is 6.76. The minimum Gasteiger partial charge on any atom is -0.497 e. The first-order valence-electron chi connectivity index (χ1n) is 8.41. The number of benzene rings is 1. The standard InChI is InChI=1S/C18H26N2O2.ClH/c1-22-15-8-9-16(19)17(11-15)20-18(21)14-7-6-12-4-2-3-5-13(12)10-14;/h8-9,11-14H,2-7,10,19H2,1H3,(H,20,21);1H. The van der Waals surface area contributed by atoms with Crippen LogP contribution in [0.4, 0.5) is 11.4 Å². The van der Waals surface area contributed by atoms with E-state index < -0.39 is 0 Å². The van der Waals surface area contributed by atoms with E-state index in [4.69, 9.17) is 10.5 Å². The fourth-order valence-electron chi connectivity index (χ4n) is 4.12. The maximum absolute atomic E-state index is 12.6. The molecule has 0 radical (unpaired) electrons. The maximum Gasteiger partial charge on any atom is 0.227 e. The van der Waals surface area contributed by atoms with Crippen LogP contribution in [0.25, 0.3) is 0 Å². The number of hydrogen-bond donors (Lipinski definition) is 2. The number of methoxy groups -OCH3 is 1. The van der Waals surface area contributed by atoms with Gasteiger partial charge in [-0.05, 0) is 43.2 Å². The lowest BCUT2D eigenvalue weighted by molar-refractivity contribution is -0.122. The number of halogens is 1. The summed E-state index contributed by atoms with van der Waals surface area (Å²) in [5, 5.41) is 3.01. The van der Waals surface area contributed by atoms with E-state index >= 15 is 0 Å². The van der Waals surface area contributed by atoms with E-state index in [1.807, 2.05) is 0 Å². The number of rotatable bonds is 3. The Balaban J connectivity index is 0.00000192. The third-order valence-corrected chi connectivity index (χ3v) is 5.43. The first-order valence-corrected chi connectivity index (χ1v) is 8.41. The second-order valence-electron chi connectivity index (χ2n) is 6.76. The quantitative estimate of drug-likeness (QED) is 0.810. The molecule has 2 aliphatic rings. The number of anilines is 2. The van der Waals surface area contributed by atoms with Crippen LogP contribution in [-0.4, -0.2) is 13.0 Å². The lowest BCUT2D eigenvalue weighted by atomic mass is 9.67. The molecule has 2 saturated carbocycles. The zero-order chi connectivity index (χ0) is 15.5. The van der Waals surface area contributed by atoms with Gasteiger partial charge in [-0.15, -0.1) is 12.4 Å². The molecule has 23 heavy (non-hydrogen) atoms. The molecule has 3 atom stereocenters. The lowest BCUT2D eigenvalue weighted by Crippen LogP contribution is -2.34. The van der Waals surface area contributed by atoms with Gasteiger partial charge in [0.1, 0.15) is 5.75 Å². The monoisotopic (exact) mass is 338 g/mol. The summed E-state index contributed by atoms with van der Waals surface area (Å²) in [5.74, 6) is 2.56. The molecular weight excluding hydrogens is 312 g/mol. The van der Waals surface area contributed by atoms with E-state index in [2.05, 4.69) is 5.32 Å². The lowest BCUT2D eigenvalue weighted by Gasteiger charge is -2.38. The van der Waals surface area contributed by atoms with Crippen molar-refractivity contribution in [2.75, 3.05) is 18.2 Å². The first-order chi connectivity index (χ1) is 10.7. The Bertz CT molecular complexity index is 550. The normalized spacial score (nSPS) is 26.6. The Morgan fingerprint density at radius 2 is 1.91 bits per heavy atom. The van der Waals surface area contributed by atoms with Crippen molar-refractivity contribution in [1.29, 1.82) is 0 Å². The average Bonchev–Trinajstić information content (AvgIpc) is 2.56. The van der Waals surface area contributed by atoms with Gasteiger partial charge in [0.15, 0.2) is 0 Å². The van der Waals surface area contributed by atoms with Crippen molar-refractivity contribution in [1.82, 2.24) is 0 Å². The van der Waals surface area contributed by atoms with Gasteiger partial charge >= 0.3 is 0 Å². The van der Waals surface area contributed by atoms with Crippen LogP contribution in [0.15, 0.2) is 18.2 Å². The maximum atomic E-state index is 12.6. The summed E-state index contributed by atoms with van der Waals surface area (Å²) in [7, 11) is 1.61. The number of fused-ring (bicyclic) bond motifs is 1. The van der Waals surface area contributed by atoms with Crippen LogP contribution in [0.5, 0.6) is 5.75 Å². The summed E-state index contributed by atoms with van der Waals surface area (Å²) in [6.07, 6.45) is 8.63. The Hall–Kier alpha value is -1.42. The molecule has 0 aromatic heterocycles. The summed E-state index contributed by atoms with van der Waals surface area (Å²) in [6.45, 7) is 0. The molecule has 0 aliphatic heterocycles. The predicted molar refractivity (Wildman–Crippen MR) is 96.1 cm³/mol.